The maximum atomic E-state index is 10.9. The molecule has 0 bridgehead atoms. The summed E-state index contributed by atoms with van der Waals surface area (Å²) in [5.41, 5.74) is 0. The Balaban J connectivity index is 2.50. The molecule has 0 amide bonds. The molecule has 1 aliphatic rings. The molecule has 1 rings (SSSR count). The van der Waals surface area contributed by atoms with Gasteiger partial charge in [-0.2, -0.15) is 0 Å². The number of esters is 2. The highest BCUT2D eigenvalue weighted by Gasteiger charge is 2.39. The highest BCUT2D eigenvalue weighted by molar-refractivity contribution is 5.89. The Morgan fingerprint density at radius 3 is 2.71 bits per heavy atom. The molecule has 3 N–H and O–H groups in total. The van der Waals surface area contributed by atoms with Crippen LogP contribution in [-0.2, 0) is 19.1 Å². The number of carbonyl (C=O) groups is 2. The van der Waals surface area contributed by atoms with E-state index < -0.39 is 42.3 Å². The summed E-state index contributed by atoms with van der Waals surface area (Å²) in [6, 6.07) is 0. The van der Waals surface area contributed by atoms with E-state index in [-0.39, 0.29) is 6.42 Å². The van der Waals surface area contributed by atoms with E-state index in [2.05, 4.69) is 16.1 Å². The van der Waals surface area contributed by atoms with Crippen LogP contribution in [0.5, 0.6) is 0 Å². The standard InChI is InChI=1S/C10H12O7/c1-2-3-6(12)16-4-5(11)9-7(13)8(14)10(15)17-9/h2,5,9,11,13-14H,1,3-4H2/t5-,9?/m0/s1. The summed E-state index contributed by atoms with van der Waals surface area (Å²) in [6.45, 7) is 2.85. The molecule has 94 valence electrons. The third-order valence-electron chi connectivity index (χ3n) is 2.02. The Bertz CT molecular complexity index is 371. The van der Waals surface area contributed by atoms with E-state index >= 15 is 0 Å². The molecule has 0 aliphatic carbocycles. The van der Waals surface area contributed by atoms with Crippen molar-refractivity contribution in [1.29, 1.82) is 0 Å². The second-order valence-corrected chi connectivity index (χ2v) is 3.30. The first-order valence-electron chi connectivity index (χ1n) is 4.75. The molecule has 1 unspecified atom stereocenters. The van der Waals surface area contributed by atoms with Crippen molar-refractivity contribution in [3.05, 3.63) is 24.2 Å². The van der Waals surface area contributed by atoms with Gasteiger partial charge in [-0.1, -0.05) is 6.08 Å². The predicted molar refractivity (Wildman–Crippen MR) is 53.9 cm³/mol. The minimum atomic E-state index is -1.45. The van der Waals surface area contributed by atoms with Gasteiger partial charge < -0.3 is 24.8 Å². The number of aliphatic hydroxyl groups excluding tert-OH is 3. The van der Waals surface area contributed by atoms with E-state index in [1.165, 1.54) is 6.08 Å². The van der Waals surface area contributed by atoms with E-state index in [1.807, 2.05) is 0 Å². The summed E-state index contributed by atoms with van der Waals surface area (Å²) in [7, 11) is 0. The van der Waals surface area contributed by atoms with Crippen molar-refractivity contribution in [2.24, 2.45) is 0 Å². The molecule has 0 saturated heterocycles. The first-order chi connectivity index (χ1) is 7.97. The molecule has 0 saturated carbocycles. The number of rotatable bonds is 5. The molecule has 1 heterocycles. The highest BCUT2D eigenvalue weighted by Crippen LogP contribution is 2.21. The zero-order valence-electron chi connectivity index (χ0n) is 8.83. The second kappa shape index (κ2) is 5.35. The zero-order chi connectivity index (χ0) is 13.0. The van der Waals surface area contributed by atoms with Gasteiger partial charge in [0, 0.05) is 0 Å². The van der Waals surface area contributed by atoms with E-state index in [1.54, 1.807) is 0 Å². The zero-order valence-corrected chi connectivity index (χ0v) is 8.83. The number of carbonyl (C=O) groups excluding carboxylic acids is 2. The van der Waals surface area contributed by atoms with Gasteiger partial charge in [0.15, 0.2) is 11.9 Å². The first-order valence-corrected chi connectivity index (χ1v) is 4.75. The molecule has 1 aliphatic heterocycles. The van der Waals surface area contributed by atoms with Crippen LogP contribution in [0.4, 0.5) is 0 Å². The maximum Gasteiger partial charge on any atom is 0.377 e. The van der Waals surface area contributed by atoms with Crippen LogP contribution < -0.4 is 0 Å². The van der Waals surface area contributed by atoms with Gasteiger partial charge in [-0.15, -0.1) is 6.58 Å². The summed E-state index contributed by atoms with van der Waals surface area (Å²) < 4.78 is 9.07. The molecular weight excluding hydrogens is 232 g/mol. The van der Waals surface area contributed by atoms with Gasteiger partial charge in [-0.25, -0.2) is 4.79 Å². The molecule has 0 fully saturated rings. The molecule has 2 atom stereocenters. The Hall–Kier alpha value is -2.02. The molecule has 0 radical (unpaired) electrons. The number of ether oxygens (including phenoxy) is 2. The monoisotopic (exact) mass is 244 g/mol. The third kappa shape index (κ3) is 2.97. The summed E-state index contributed by atoms with van der Waals surface area (Å²) in [5, 5.41) is 27.7. The highest BCUT2D eigenvalue weighted by atomic mass is 16.6. The van der Waals surface area contributed by atoms with Crippen LogP contribution in [0.25, 0.3) is 0 Å². The Morgan fingerprint density at radius 1 is 1.59 bits per heavy atom. The summed E-state index contributed by atoms with van der Waals surface area (Å²) in [5.74, 6) is -3.48. The minimum Gasteiger partial charge on any atom is -0.505 e. The third-order valence-corrected chi connectivity index (χ3v) is 2.02. The molecule has 7 heteroatoms. The lowest BCUT2D eigenvalue weighted by Gasteiger charge is -2.16. The Morgan fingerprint density at radius 2 is 2.24 bits per heavy atom. The SMILES string of the molecule is C=CCC(=O)OC[C@H](O)C1OC(=O)C(O)=C1O. The molecule has 0 aromatic carbocycles. The van der Waals surface area contributed by atoms with Crippen LogP contribution in [0.3, 0.4) is 0 Å². The van der Waals surface area contributed by atoms with Gasteiger partial charge >= 0.3 is 11.9 Å². The minimum absolute atomic E-state index is 0.0236. The molecule has 17 heavy (non-hydrogen) atoms. The van der Waals surface area contributed by atoms with E-state index in [0.717, 1.165) is 0 Å². The smallest absolute Gasteiger partial charge is 0.377 e. The normalized spacial score (nSPS) is 21.0. The average Bonchev–Trinajstić information content (AvgIpc) is 2.54. The van der Waals surface area contributed by atoms with Gasteiger partial charge in [-0.05, 0) is 0 Å². The fraction of sp³-hybridized carbons (Fsp3) is 0.400. The van der Waals surface area contributed by atoms with Crippen LogP contribution in [0, 0.1) is 0 Å². The van der Waals surface area contributed by atoms with Crippen LogP contribution >= 0.6 is 0 Å². The van der Waals surface area contributed by atoms with E-state index in [0.29, 0.717) is 0 Å². The lowest BCUT2D eigenvalue weighted by atomic mass is 10.2. The largest absolute Gasteiger partial charge is 0.505 e. The van der Waals surface area contributed by atoms with Gasteiger partial charge in [0.05, 0.1) is 6.42 Å². The van der Waals surface area contributed by atoms with Crippen molar-refractivity contribution in [1.82, 2.24) is 0 Å². The molecule has 0 aromatic rings. The van der Waals surface area contributed by atoms with Crippen LogP contribution in [0.15, 0.2) is 24.2 Å². The summed E-state index contributed by atoms with van der Waals surface area (Å²) >= 11 is 0. The Labute approximate surface area is 96.6 Å². The van der Waals surface area contributed by atoms with Crippen molar-refractivity contribution in [2.75, 3.05) is 6.61 Å². The quantitative estimate of drug-likeness (QED) is 0.450. The lowest BCUT2D eigenvalue weighted by Crippen LogP contribution is -2.33. The summed E-state index contributed by atoms with van der Waals surface area (Å²) in [6.07, 6.45) is -1.56. The molecule has 7 nitrogen and oxygen atoms in total. The Kier molecular flexibility index (Phi) is 4.11. The number of hydrogen-bond acceptors (Lipinski definition) is 7. The fourth-order valence-electron chi connectivity index (χ4n) is 1.17. The summed E-state index contributed by atoms with van der Waals surface area (Å²) in [4.78, 5) is 21.8. The van der Waals surface area contributed by atoms with Gasteiger partial charge in [-0.3, -0.25) is 4.79 Å². The van der Waals surface area contributed by atoms with E-state index in [9.17, 15) is 19.8 Å². The number of aliphatic hydroxyl groups is 3. The van der Waals surface area contributed by atoms with Crippen molar-refractivity contribution in [3.63, 3.8) is 0 Å². The number of hydrogen-bond donors (Lipinski definition) is 3. The van der Waals surface area contributed by atoms with Crippen LogP contribution in [-0.4, -0.2) is 46.1 Å². The molecular formula is C10H12O7. The average molecular weight is 244 g/mol. The van der Waals surface area contributed by atoms with Crippen molar-refractivity contribution >= 4 is 11.9 Å². The van der Waals surface area contributed by atoms with Gasteiger partial charge in [0.1, 0.15) is 12.7 Å². The maximum absolute atomic E-state index is 10.9. The molecule has 0 spiro atoms. The first kappa shape index (κ1) is 13.0. The molecule has 0 aromatic heterocycles. The van der Waals surface area contributed by atoms with E-state index in [4.69, 9.17) is 5.11 Å². The van der Waals surface area contributed by atoms with Crippen molar-refractivity contribution in [3.8, 4) is 0 Å². The van der Waals surface area contributed by atoms with Crippen LogP contribution in [0.1, 0.15) is 6.42 Å². The lowest BCUT2D eigenvalue weighted by molar-refractivity contribution is -0.153. The van der Waals surface area contributed by atoms with Gasteiger partial charge in [0.2, 0.25) is 5.76 Å². The second-order valence-electron chi connectivity index (χ2n) is 3.30. The predicted octanol–water partition coefficient (Wildman–Crippen LogP) is -0.280. The van der Waals surface area contributed by atoms with Crippen LogP contribution in [0.2, 0.25) is 0 Å². The topological polar surface area (TPSA) is 113 Å². The van der Waals surface area contributed by atoms with Crippen molar-refractivity contribution in [2.45, 2.75) is 18.6 Å². The van der Waals surface area contributed by atoms with Gasteiger partial charge in [0.25, 0.3) is 0 Å². The van der Waals surface area contributed by atoms with Crippen molar-refractivity contribution < 1.29 is 34.4 Å². The number of cyclic esters (lactones) is 1. The fourth-order valence-corrected chi connectivity index (χ4v) is 1.17.